The van der Waals surface area contributed by atoms with Crippen LogP contribution in [0.25, 0.3) is 0 Å². The number of halogens is 4. The Kier molecular flexibility index (Phi) is 3.90. The molecular formula is C13H11F4N3O2. The lowest BCUT2D eigenvalue weighted by molar-refractivity contribution is -0.205. The van der Waals surface area contributed by atoms with Crippen molar-refractivity contribution in [2.24, 2.45) is 9.98 Å². The molecule has 0 saturated heterocycles. The molecule has 2 N–H and O–H groups in total. The highest BCUT2D eigenvalue weighted by atomic mass is 19.3. The summed E-state index contributed by atoms with van der Waals surface area (Å²) in [7, 11) is 0.589. The number of hydrogen-bond acceptors (Lipinski definition) is 5. The molecule has 0 amide bonds. The molecule has 0 unspecified atom stereocenters. The normalized spacial score (nSPS) is 15.3. The second kappa shape index (κ2) is 5.39. The lowest BCUT2D eigenvalue weighted by Gasteiger charge is -2.22. The molecule has 0 aliphatic carbocycles. The van der Waals surface area contributed by atoms with Crippen molar-refractivity contribution >= 4 is 23.2 Å². The molecule has 0 atom stereocenters. The Labute approximate surface area is 122 Å². The number of nitrogens with two attached hydrogens (primary N) is 1. The Morgan fingerprint density at radius 2 is 1.82 bits per heavy atom. The number of esters is 1. The van der Waals surface area contributed by atoms with Crippen molar-refractivity contribution in [3.63, 3.8) is 0 Å². The van der Waals surface area contributed by atoms with E-state index in [2.05, 4.69) is 14.7 Å². The van der Waals surface area contributed by atoms with E-state index in [1.807, 2.05) is 0 Å². The van der Waals surface area contributed by atoms with Gasteiger partial charge < -0.3 is 10.5 Å². The SMILES string of the molecule is COC(=O)C(F)(F)C(F)(F)C1=NCC(c2ccc(N)cc2)=N1. The van der Waals surface area contributed by atoms with Gasteiger partial charge in [-0.15, -0.1) is 0 Å². The first-order valence-corrected chi connectivity index (χ1v) is 6.02. The van der Waals surface area contributed by atoms with E-state index in [1.165, 1.54) is 24.3 Å². The number of nitrogens with zero attached hydrogens (tertiary/aromatic N) is 2. The second-order valence-electron chi connectivity index (χ2n) is 4.46. The number of benzene rings is 1. The fourth-order valence-corrected chi connectivity index (χ4v) is 1.75. The highest BCUT2D eigenvalue weighted by molar-refractivity contribution is 6.15. The number of ether oxygens (including phenoxy) is 1. The summed E-state index contributed by atoms with van der Waals surface area (Å²) in [5, 5.41) is 0. The predicted octanol–water partition coefficient (Wildman–Crippen LogP) is 1.91. The second-order valence-corrected chi connectivity index (χ2v) is 4.46. The fraction of sp³-hybridized carbons (Fsp3) is 0.308. The van der Waals surface area contributed by atoms with Crippen LogP contribution >= 0.6 is 0 Å². The molecule has 1 aromatic carbocycles. The predicted molar refractivity (Wildman–Crippen MR) is 71.6 cm³/mol. The maximum Gasteiger partial charge on any atom is 0.412 e. The first kappa shape index (κ1) is 15.9. The van der Waals surface area contributed by atoms with Crippen molar-refractivity contribution in [1.82, 2.24) is 0 Å². The molecule has 0 spiro atoms. The summed E-state index contributed by atoms with van der Waals surface area (Å²) < 4.78 is 58.2. The number of alkyl halides is 4. The van der Waals surface area contributed by atoms with Crippen molar-refractivity contribution in [3.05, 3.63) is 29.8 Å². The third-order valence-electron chi connectivity index (χ3n) is 2.98. The summed E-state index contributed by atoms with van der Waals surface area (Å²) in [5.41, 5.74) is 6.44. The van der Waals surface area contributed by atoms with Crippen LogP contribution in [0.5, 0.6) is 0 Å². The van der Waals surface area contributed by atoms with Crippen LogP contribution in [0.2, 0.25) is 0 Å². The minimum Gasteiger partial charge on any atom is -0.464 e. The van der Waals surface area contributed by atoms with Gasteiger partial charge in [-0.05, 0) is 17.7 Å². The van der Waals surface area contributed by atoms with E-state index in [-0.39, 0.29) is 12.3 Å². The Balaban J connectivity index is 2.30. The number of aliphatic imine (C=N–C) groups is 2. The van der Waals surface area contributed by atoms with Gasteiger partial charge in [-0.25, -0.2) is 9.79 Å². The van der Waals surface area contributed by atoms with E-state index in [0.717, 1.165) is 0 Å². The van der Waals surface area contributed by atoms with Crippen LogP contribution in [0.15, 0.2) is 34.3 Å². The van der Waals surface area contributed by atoms with E-state index in [0.29, 0.717) is 18.4 Å². The first-order valence-electron chi connectivity index (χ1n) is 6.02. The van der Waals surface area contributed by atoms with Gasteiger partial charge in [0.25, 0.3) is 0 Å². The summed E-state index contributed by atoms with van der Waals surface area (Å²) in [6.07, 6.45) is 0. The quantitative estimate of drug-likeness (QED) is 0.523. The molecule has 5 nitrogen and oxygen atoms in total. The third kappa shape index (κ3) is 2.53. The first-order chi connectivity index (χ1) is 10.2. The van der Waals surface area contributed by atoms with E-state index in [4.69, 9.17) is 5.73 Å². The van der Waals surface area contributed by atoms with Gasteiger partial charge in [0, 0.05) is 5.69 Å². The monoisotopic (exact) mass is 317 g/mol. The molecule has 2 rings (SSSR count). The van der Waals surface area contributed by atoms with Gasteiger partial charge in [-0.1, -0.05) is 12.1 Å². The molecule has 22 heavy (non-hydrogen) atoms. The van der Waals surface area contributed by atoms with Crippen LogP contribution in [-0.4, -0.2) is 43.0 Å². The van der Waals surface area contributed by atoms with Gasteiger partial charge >= 0.3 is 17.8 Å². The van der Waals surface area contributed by atoms with E-state index >= 15 is 0 Å². The maximum atomic E-state index is 13.8. The largest absolute Gasteiger partial charge is 0.464 e. The highest BCUT2D eigenvalue weighted by Gasteiger charge is 2.67. The highest BCUT2D eigenvalue weighted by Crippen LogP contribution is 2.38. The van der Waals surface area contributed by atoms with Crippen LogP contribution in [-0.2, 0) is 9.53 Å². The van der Waals surface area contributed by atoms with Crippen molar-refractivity contribution in [3.8, 4) is 0 Å². The molecule has 118 valence electrons. The van der Waals surface area contributed by atoms with Gasteiger partial charge in [0.15, 0.2) is 0 Å². The van der Waals surface area contributed by atoms with E-state index < -0.39 is 23.6 Å². The lowest BCUT2D eigenvalue weighted by Crippen LogP contribution is -2.52. The lowest BCUT2D eigenvalue weighted by atomic mass is 10.1. The number of carbonyl (C=O) groups excluding carboxylic acids is 1. The fourth-order valence-electron chi connectivity index (χ4n) is 1.75. The Morgan fingerprint density at radius 3 is 2.36 bits per heavy atom. The molecule has 0 bridgehead atoms. The van der Waals surface area contributed by atoms with Gasteiger partial charge in [0.2, 0.25) is 5.84 Å². The minimum atomic E-state index is -5.05. The van der Waals surface area contributed by atoms with Crippen molar-refractivity contribution in [2.45, 2.75) is 11.8 Å². The Morgan fingerprint density at radius 1 is 1.23 bits per heavy atom. The average molecular weight is 317 g/mol. The van der Waals surface area contributed by atoms with Gasteiger partial charge in [0.1, 0.15) is 0 Å². The number of amidine groups is 1. The topological polar surface area (TPSA) is 77.0 Å². The van der Waals surface area contributed by atoms with Gasteiger partial charge in [-0.3, -0.25) is 4.99 Å². The van der Waals surface area contributed by atoms with E-state index in [9.17, 15) is 22.4 Å². The zero-order valence-electron chi connectivity index (χ0n) is 11.3. The maximum absolute atomic E-state index is 13.8. The minimum absolute atomic E-state index is 0.0790. The molecule has 0 saturated carbocycles. The van der Waals surface area contributed by atoms with Crippen LogP contribution in [0.4, 0.5) is 23.2 Å². The molecule has 9 heteroatoms. The Bertz CT molecular complexity index is 654. The van der Waals surface area contributed by atoms with Gasteiger partial charge in [0.05, 0.1) is 19.4 Å². The summed E-state index contributed by atoms with van der Waals surface area (Å²) >= 11 is 0. The molecule has 1 heterocycles. The van der Waals surface area contributed by atoms with Crippen LogP contribution < -0.4 is 5.73 Å². The molecule has 1 aliphatic heterocycles. The van der Waals surface area contributed by atoms with Crippen LogP contribution in [0, 0.1) is 0 Å². The van der Waals surface area contributed by atoms with Gasteiger partial charge in [-0.2, -0.15) is 17.6 Å². The zero-order chi connectivity index (χ0) is 16.5. The molecule has 1 aliphatic rings. The number of hydrogen-bond donors (Lipinski definition) is 1. The molecule has 0 aromatic heterocycles. The summed E-state index contributed by atoms with van der Waals surface area (Å²) in [6.45, 7) is -0.300. The number of methoxy groups -OCH3 is 1. The molecule has 0 fully saturated rings. The number of rotatable bonds is 4. The molecule has 1 aromatic rings. The summed E-state index contributed by atoms with van der Waals surface area (Å²) in [4.78, 5) is 17.6. The standard InChI is InChI=1S/C13H11F4N3O2/c1-22-11(21)13(16,17)12(14,15)10-19-6-9(20-10)7-2-4-8(18)5-3-7/h2-5H,6,18H2,1H3. The average Bonchev–Trinajstić information content (AvgIpc) is 2.97. The smallest absolute Gasteiger partial charge is 0.412 e. The van der Waals surface area contributed by atoms with Crippen LogP contribution in [0.1, 0.15) is 5.56 Å². The molecular weight excluding hydrogens is 306 g/mol. The van der Waals surface area contributed by atoms with Crippen molar-refractivity contribution < 1.29 is 27.1 Å². The summed E-state index contributed by atoms with van der Waals surface area (Å²) in [5.74, 6) is -13.7. The van der Waals surface area contributed by atoms with Crippen molar-refractivity contribution in [1.29, 1.82) is 0 Å². The summed E-state index contributed by atoms with van der Waals surface area (Å²) in [6, 6.07) is 6.03. The van der Waals surface area contributed by atoms with E-state index in [1.54, 1.807) is 0 Å². The number of carbonyl (C=O) groups is 1. The Hall–Kier alpha value is -2.45. The van der Waals surface area contributed by atoms with Crippen molar-refractivity contribution in [2.75, 3.05) is 19.4 Å². The number of nitrogen functional groups attached to an aromatic ring is 1. The third-order valence-corrected chi connectivity index (χ3v) is 2.98. The molecule has 0 radical (unpaired) electrons. The zero-order valence-corrected chi connectivity index (χ0v) is 11.3. The number of anilines is 1. The van der Waals surface area contributed by atoms with Crippen LogP contribution in [0.3, 0.4) is 0 Å².